The Balaban J connectivity index is 2.91. The van der Waals surface area contributed by atoms with Crippen LogP contribution in [0.15, 0.2) is 24.7 Å². The fourth-order valence-corrected chi connectivity index (χ4v) is 1.41. The number of hydrogen-bond donors (Lipinski definition) is 0. The summed E-state index contributed by atoms with van der Waals surface area (Å²) in [6, 6.07) is 3.85. The van der Waals surface area contributed by atoms with E-state index in [2.05, 4.69) is 37.5 Å². The first kappa shape index (κ1) is 6.90. The van der Waals surface area contributed by atoms with E-state index in [9.17, 15) is 0 Å². The van der Waals surface area contributed by atoms with Gasteiger partial charge in [0.15, 0.2) is 5.65 Å². The van der Waals surface area contributed by atoms with Gasteiger partial charge in [0.1, 0.15) is 10.0 Å². The standard InChI is InChI=1S/C7H4IN3/c8-6-5-2-1-3-9-7(5)11-4-10-6/h1-4H. The average Bonchev–Trinajstić information content (AvgIpc) is 2.06. The van der Waals surface area contributed by atoms with Crippen LogP contribution in [-0.4, -0.2) is 15.0 Å². The molecule has 0 saturated carbocycles. The van der Waals surface area contributed by atoms with Crippen molar-refractivity contribution in [3.8, 4) is 0 Å². The lowest BCUT2D eigenvalue weighted by atomic mass is 10.3. The molecule has 0 aliphatic carbocycles. The van der Waals surface area contributed by atoms with Gasteiger partial charge in [-0.3, -0.25) is 0 Å². The second kappa shape index (κ2) is 2.69. The van der Waals surface area contributed by atoms with Gasteiger partial charge in [0.2, 0.25) is 0 Å². The van der Waals surface area contributed by atoms with Crippen molar-refractivity contribution in [1.82, 2.24) is 15.0 Å². The zero-order valence-corrected chi connectivity index (χ0v) is 7.69. The number of halogens is 1. The number of rotatable bonds is 0. The molecule has 0 aliphatic heterocycles. The van der Waals surface area contributed by atoms with E-state index in [1.165, 1.54) is 6.33 Å². The van der Waals surface area contributed by atoms with Crippen LogP contribution in [-0.2, 0) is 0 Å². The Labute approximate surface area is 77.0 Å². The van der Waals surface area contributed by atoms with Gasteiger partial charge in [-0.2, -0.15) is 0 Å². The van der Waals surface area contributed by atoms with Gasteiger partial charge in [-0.25, -0.2) is 15.0 Å². The van der Waals surface area contributed by atoms with Gasteiger partial charge in [0.25, 0.3) is 0 Å². The first-order valence-electron chi connectivity index (χ1n) is 3.09. The van der Waals surface area contributed by atoms with Crippen LogP contribution in [0, 0.1) is 3.70 Å². The Bertz CT molecular complexity index is 383. The minimum Gasteiger partial charge on any atom is -0.237 e. The van der Waals surface area contributed by atoms with E-state index in [1.54, 1.807) is 6.20 Å². The van der Waals surface area contributed by atoms with Gasteiger partial charge in [-0.05, 0) is 34.7 Å². The highest BCUT2D eigenvalue weighted by atomic mass is 127. The average molecular weight is 257 g/mol. The van der Waals surface area contributed by atoms with E-state index in [-0.39, 0.29) is 0 Å². The molecule has 0 saturated heterocycles. The van der Waals surface area contributed by atoms with E-state index in [0.717, 1.165) is 14.7 Å². The molecule has 0 fully saturated rings. The molecule has 0 aliphatic rings. The number of fused-ring (bicyclic) bond motifs is 1. The molecule has 0 N–H and O–H groups in total. The first-order valence-corrected chi connectivity index (χ1v) is 4.17. The SMILES string of the molecule is Ic1ncnc2ncccc12. The number of hydrogen-bond acceptors (Lipinski definition) is 3. The number of aromatic nitrogens is 3. The highest BCUT2D eigenvalue weighted by Gasteiger charge is 1.97. The van der Waals surface area contributed by atoms with Crippen LogP contribution < -0.4 is 0 Å². The summed E-state index contributed by atoms with van der Waals surface area (Å²) in [7, 11) is 0. The molecule has 0 amide bonds. The fourth-order valence-electron chi connectivity index (χ4n) is 0.865. The van der Waals surface area contributed by atoms with Crippen LogP contribution in [0.4, 0.5) is 0 Å². The van der Waals surface area contributed by atoms with E-state index < -0.39 is 0 Å². The Morgan fingerprint density at radius 1 is 1.18 bits per heavy atom. The van der Waals surface area contributed by atoms with Crippen LogP contribution >= 0.6 is 22.6 Å². The van der Waals surface area contributed by atoms with Crippen molar-refractivity contribution in [2.24, 2.45) is 0 Å². The highest BCUT2D eigenvalue weighted by Crippen LogP contribution is 2.12. The van der Waals surface area contributed by atoms with Crippen molar-refractivity contribution < 1.29 is 0 Å². The molecule has 54 valence electrons. The lowest BCUT2D eigenvalue weighted by molar-refractivity contribution is 1.16. The number of nitrogens with zero attached hydrogens (tertiary/aromatic N) is 3. The van der Waals surface area contributed by atoms with E-state index in [4.69, 9.17) is 0 Å². The topological polar surface area (TPSA) is 38.7 Å². The maximum absolute atomic E-state index is 4.09. The number of pyridine rings is 1. The maximum Gasteiger partial charge on any atom is 0.163 e. The van der Waals surface area contributed by atoms with E-state index in [1.807, 2.05) is 12.1 Å². The minimum absolute atomic E-state index is 0.756. The van der Waals surface area contributed by atoms with Crippen molar-refractivity contribution in [3.63, 3.8) is 0 Å². The largest absolute Gasteiger partial charge is 0.237 e. The van der Waals surface area contributed by atoms with E-state index >= 15 is 0 Å². The Hall–Kier alpha value is -0.780. The molecule has 2 rings (SSSR count). The van der Waals surface area contributed by atoms with Crippen LogP contribution in [0.3, 0.4) is 0 Å². The molecule has 2 aromatic rings. The van der Waals surface area contributed by atoms with Gasteiger partial charge < -0.3 is 0 Å². The smallest absolute Gasteiger partial charge is 0.163 e. The van der Waals surface area contributed by atoms with Crippen molar-refractivity contribution in [2.45, 2.75) is 0 Å². The van der Waals surface area contributed by atoms with Crippen LogP contribution in [0.25, 0.3) is 11.0 Å². The van der Waals surface area contributed by atoms with Crippen molar-refractivity contribution in [3.05, 3.63) is 28.4 Å². The molecule has 0 radical (unpaired) electrons. The fraction of sp³-hybridized carbons (Fsp3) is 0. The van der Waals surface area contributed by atoms with Crippen LogP contribution in [0.5, 0.6) is 0 Å². The lowest BCUT2D eigenvalue weighted by Crippen LogP contribution is -1.88. The zero-order chi connectivity index (χ0) is 7.68. The Morgan fingerprint density at radius 3 is 2.91 bits per heavy atom. The van der Waals surface area contributed by atoms with Gasteiger partial charge in [-0.15, -0.1) is 0 Å². The van der Waals surface area contributed by atoms with Gasteiger partial charge >= 0.3 is 0 Å². The molecule has 4 heteroatoms. The Kier molecular flexibility index (Phi) is 1.69. The van der Waals surface area contributed by atoms with Crippen LogP contribution in [0.2, 0.25) is 0 Å². The summed E-state index contributed by atoms with van der Waals surface area (Å²) in [5.74, 6) is 0. The summed E-state index contributed by atoms with van der Waals surface area (Å²) in [5, 5.41) is 1.01. The monoisotopic (exact) mass is 257 g/mol. The minimum atomic E-state index is 0.756. The quantitative estimate of drug-likeness (QED) is 0.531. The molecule has 0 unspecified atom stereocenters. The molecule has 0 atom stereocenters. The molecule has 0 spiro atoms. The third-order valence-electron chi connectivity index (χ3n) is 1.36. The highest BCUT2D eigenvalue weighted by molar-refractivity contribution is 14.1. The first-order chi connectivity index (χ1) is 5.38. The molecular formula is C7H4IN3. The molecule has 0 aromatic carbocycles. The second-order valence-corrected chi connectivity index (χ2v) is 3.06. The maximum atomic E-state index is 4.09. The van der Waals surface area contributed by atoms with Crippen molar-refractivity contribution >= 4 is 33.6 Å². The summed E-state index contributed by atoms with van der Waals surface area (Å²) < 4.78 is 0.945. The predicted molar refractivity (Wildman–Crippen MR) is 50.1 cm³/mol. The third-order valence-corrected chi connectivity index (χ3v) is 2.22. The van der Waals surface area contributed by atoms with Crippen LogP contribution in [0.1, 0.15) is 0 Å². The molecular weight excluding hydrogens is 253 g/mol. The summed E-state index contributed by atoms with van der Waals surface area (Å²) in [5.41, 5.74) is 0.756. The van der Waals surface area contributed by atoms with Gasteiger partial charge in [0.05, 0.1) is 5.39 Å². The zero-order valence-electron chi connectivity index (χ0n) is 5.53. The normalized spacial score (nSPS) is 10.3. The molecule has 2 heterocycles. The van der Waals surface area contributed by atoms with Crippen molar-refractivity contribution in [1.29, 1.82) is 0 Å². The second-order valence-electron chi connectivity index (χ2n) is 2.04. The Morgan fingerprint density at radius 2 is 2.09 bits per heavy atom. The molecule has 0 bridgehead atoms. The summed E-state index contributed by atoms with van der Waals surface area (Å²) in [4.78, 5) is 12.1. The lowest BCUT2D eigenvalue weighted by Gasteiger charge is -1.94. The van der Waals surface area contributed by atoms with Gasteiger partial charge in [0, 0.05) is 6.20 Å². The van der Waals surface area contributed by atoms with Crippen molar-refractivity contribution in [2.75, 3.05) is 0 Å². The molecule has 11 heavy (non-hydrogen) atoms. The van der Waals surface area contributed by atoms with E-state index in [0.29, 0.717) is 0 Å². The van der Waals surface area contributed by atoms with Gasteiger partial charge in [-0.1, -0.05) is 0 Å². The summed E-state index contributed by atoms with van der Waals surface area (Å²) in [6.45, 7) is 0. The summed E-state index contributed by atoms with van der Waals surface area (Å²) in [6.07, 6.45) is 3.25. The molecule has 3 nitrogen and oxygen atoms in total. The predicted octanol–water partition coefficient (Wildman–Crippen LogP) is 1.63. The third kappa shape index (κ3) is 1.18. The molecule has 2 aromatic heterocycles. The summed E-state index contributed by atoms with van der Waals surface area (Å²) >= 11 is 2.17.